The van der Waals surface area contributed by atoms with Crippen molar-refractivity contribution in [2.75, 3.05) is 6.61 Å². The molecule has 0 radical (unpaired) electrons. The van der Waals surface area contributed by atoms with E-state index in [1.807, 2.05) is 18.4 Å². The van der Waals surface area contributed by atoms with Crippen LogP contribution in [0.2, 0.25) is 0 Å². The standard InChI is InChI=1S/C14H15N3O2S2/c1-9-8-21-13(17-9)6-16-12(18)7-19-11-5-3-2-4-10(11)14(15)20/h2-5,8H,6-7H2,1H3,(H2,15,20)(H,16,18). The first-order chi connectivity index (χ1) is 10.1. The van der Waals surface area contributed by atoms with Crippen LogP contribution in [0.1, 0.15) is 16.3 Å². The molecule has 0 atom stereocenters. The lowest BCUT2D eigenvalue weighted by molar-refractivity contribution is -0.123. The predicted molar refractivity (Wildman–Crippen MR) is 86.5 cm³/mol. The number of nitrogens with two attached hydrogens (primary N) is 1. The summed E-state index contributed by atoms with van der Waals surface area (Å²) in [6.45, 7) is 2.22. The minimum absolute atomic E-state index is 0.0933. The van der Waals surface area contributed by atoms with E-state index in [2.05, 4.69) is 10.3 Å². The van der Waals surface area contributed by atoms with Crippen molar-refractivity contribution in [3.8, 4) is 5.75 Å². The van der Waals surface area contributed by atoms with Crippen molar-refractivity contribution >= 4 is 34.5 Å². The number of rotatable bonds is 6. The van der Waals surface area contributed by atoms with Gasteiger partial charge < -0.3 is 15.8 Å². The summed E-state index contributed by atoms with van der Waals surface area (Å²) >= 11 is 6.45. The smallest absolute Gasteiger partial charge is 0.258 e. The molecule has 0 saturated heterocycles. The Morgan fingerprint density at radius 1 is 1.48 bits per heavy atom. The van der Waals surface area contributed by atoms with Crippen LogP contribution in [0.4, 0.5) is 0 Å². The zero-order valence-electron chi connectivity index (χ0n) is 11.5. The van der Waals surface area contributed by atoms with Crippen LogP contribution in [0.15, 0.2) is 29.6 Å². The lowest BCUT2D eigenvalue weighted by Crippen LogP contribution is -2.28. The molecular formula is C14H15N3O2S2. The van der Waals surface area contributed by atoms with Gasteiger partial charge in [0.1, 0.15) is 15.7 Å². The number of hydrogen-bond donors (Lipinski definition) is 2. The topological polar surface area (TPSA) is 77.2 Å². The number of benzene rings is 1. The van der Waals surface area contributed by atoms with Gasteiger partial charge in [-0.15, -0.1) is 11.3 Å². The Bertz CT molecular complexity index is 655. The van der Waals surface area contributed by atoms with E-state index in [0.29, 0.717) is 17.9 Å². The molecule has 0 aliphatic carbocycles. The van der Waals surface area contributed by atoms with Crippen LogP contribution in [0.25, 0.3) is 0 Å². The van der Waals surface area contributed by atoms with Gasteiger partial charge in [0.25, 0.3) is 5.91 Å². The van der Waals surface area contributed by atoms with Crippen LogP contribution in [-0.2, 0) is 11.3 Å². The van der Waals surface area contributed by atoms with Crippen molar-refractivity contribution in [3.63, 3.8) is 0 Å². The summed E-state index contributed by atoms with van der Waals surface area (Å²) in [5.74, 6) is 0.283. The maximum absolute atomic E-state index is 11.8. The molecule has 0 aliphatic rings. The van der Waals surface area contributed by atoms with Crippen LogP contribution >= 0.6 is 23.6 Å². The summed E-state index contributed by atoms with van der Waals surface area (Å²) in [6.07, 6.45) is 0. The number of aryl methyl sites for hydroxylation is 1. The Balaban J connectivity index is 1.85. The van der Waals surface area contributed by atoms with Gasteiger partial charge in [-0.1, -0.05) is 24.4 Å². The van der Waals surface area contributed by atoms with E-state index in [9.17, 15) is 4.79 Å². The molecule has 0 bridgehead atoms. The van der Waals surface area contributed by atoms with Crippen LogP contribution in [-0.4, -0.2) is 22.5 Å². The Kier molecular flexibility index (Phi) is 5.24. The lowest BCUT2D eigenvalue weighted by atomic mass is 10.2. The molecule has 1 aromatic heterocycles. The number of nitrogens with one attached hydrogen (secondary N) is 1. The third-order valence-corrected chi connectivity index (χ3v) is 3.80. The number of para-hydroxylation sites is 1. The first-order valence-corrected chi connectivity index (χ1v) is 7.54. The van der Waals surface area contributed by atoms with Crippen molar-refractivity contribution in [2.24, 2.45) is 5.73 Å². The highest BCUT2D eigenvalue weighted by atomic mass is 32.1. The molecule has 0 spiro atoms. The number of nitrogens with zero attached hydrogens (tertiary/aromatic N) is 1. The van der Waals surface area contributed by atoms with Crippen LogP contribution in [0.3, 0.4) is 0 Å². The third-order valence-electron chi connectivity index (χ3n) is 2.61. The quantitative estimate of drug-likeness (QED) is 0.793. The van der Waals surface area contributed by atoms with E-state index in [1.165, 1.54) is 11.3 Å². The van der Waals surface area contributed by atoms with E-state index in [0.717, 1.165) is 10.7 Å². The maximum atomic E-state index is 11.8. The second kappa shape index (κ2) is 7.14. The van der Waals surface area contributed by atoms with Gasteiger partial charge >= 0.3 is 0 Å². The average molecular weight is 321 g/mol. The van der Waals surface area contributed by atoms with Crippen molar-refractivity contribution in [3.05, 3.63) is 45.9 Å². The second-order valence-electron chi connectivity index (χ2n) is 4.31. The fourth-order valence-corrected chi connectivity index (χ4v) is 2.53. The number of ether oxygens (including phenoxy) is 1. The molecule has 21 heavy (non-hydrogen) atoms. The van der Waals surface area contributed by atoms with Crippen molar-refractivity contribution < 1.29 is 9.53 Å². The number of amides is 1. The second-order valence-corrected chi connectivity index (χ2v) is 5.69. The molecule has 2 aromatic rings. The molecule has 1 heterocycles. The fourth-order valence-electron chi connectivity index (χ4n) is 1.65. The maximum Gasteiger partial charge on any atom is 0.258 e. The molecule has 110 valence electrons. The highest BCUT2D eigenvalue weighted by molar-refractivity contribution is 7.80. The molecule has 0 saturated carbocycles. The number of hydrogen-bond acceptors (Lipinski definition) is 5. The zero-order chi connectivity index (χ0) is 15.2. The van der Waals surface area contributed by atoms with Gasteiger partial charge in [0, 0.05) is 11.1 Å². The molecule has 0 fully saturated rings. The Hall–Kier alpha value is -1.99. The van der Waals surface area contributed by atoms with E-state index in [4.69, 9.17) is 22.7 Å². The summed E-state index contributed by atoms with van der Waals surface area (Å²) in [6, 6.07) is 7.10. The summed E-state index contributed by atoms with van der Waals surface area (Å²) in [5, 5.41) is 5.56. The van der Waals surface area contributed by atoms with Gasteiger partial charge in [-0.25, -0.2) is 4.98 Å². The fraction of sp³-hybridized carbons (Fsp3) is 0.214. The number of thiocarbonyl (C=S) groups is 1. The summed E-state index contributed by atoms with van der Waals surface area (Å²) in [7, 11) is 0. The highest BCUT2D eigenvalue weighted by Gasteiger charge is 2.08. The molecule has 1 amide bonds. The molecule has 0 unspecified atom stereocenters. The number of thiazole rings is 1. The van der Waals surface area contributed by atoms with Gasteiger partial charge in [0.05, 0.1) is 12.1 Å². The first-order valence-electron chi connectivity index (χ1n) is 6.25. The van der Waals surface area contributed by atoms with E-state index in [-0.39, 0.29) is 17.5 Å². The SMILES string of the molecule is Cc1csc(CNC(=O)COc2ccccc2C(N)=S)n1. The van der Waals surface area contributed by atoms with Gasteiger partial charge in [0.15, 0.2) is 6.61 Å². The molecule has 5 nitrogen and oxygen atoms in total. The summed E-state index contributed by atoms with van der Waals surface area (Å²) in [5.41, 5.74) is 7.17. The highest BCUT2D eigenvalue weighted by Crippen LogP contribution is 2.17. The zero-order valence-corrected chi connectivity index (χ0v) is 13.1. The van der Waals surface area contributed by atoms with Gasteiger partial charge in [-0.3, -0.25) is 4.79 Å². The van der Waals surface area contributed by atoms with Crippen molar-refractivity contribution in [1.29, 1.82) is 0 Å². The van der Waals surface area contributed by atoms with E-state index >= 15 is 0 Å². The molecule has 2 rings (SSSR count). The number of carbonyl (C=O) groups excluding carboxylic acids is 1. The molecule has 7 heteroatoms. The first kappa shape index (κ1) is 15.4. The summed E-state index contributed by atoms with van der Waals surface area (Å²) in [4.78, 5) is 16.3. The van der Waals surface area contributed by atoms with Crippen molar-refractivity contribution in [1.82, 2.24) is 10.3 Å². The lowest BCUT2D eigenvalue weighted by Gasteiger charge is -2.10. The van der Waals surface area contributed by atoms with Crippen molar-refractivity contribution in [2.45, 2.75) is 13.5 Å². The average Bonchev–Trinajstić information content (AvgIpc) is 2.88. The molecule has 0 aliphatic heterocycles. The van der Waals surface area contributed by atoms with E-state index in [1.54, 1.807) is 18.2 Å². The van der Waals surface area contributed by atoms with E-state index < -0.39 is 0 Å². The third kappa shape index (κ3) is 4.51. The summed E-state index contributed by atoms with van der Waals surface area (Å²) < 4.78 is 5.46. The molecule has 1 aromatic carbocycles. The normalized spacial score (nSPS) is 10.1. The van der Waals surface area contributed by atoms with Gasteiger partial charge in [-0.2, -0.15) is 0 Å². The largest absolute Gasteiger partial charge is 0.483 e. The Morgan fingerprint density at radius 2 is 2.24 bits per heavy atom. The minimum atomic E-state index is -0.222. The van der Waals surface area contributed by atoms with Gasteiger partial charge in [-0.05, 0) is 19.1 Å². The monoisotopic (exact) mass is 321 g/mol. The van der Waals surface area contributed by atoms with Crippen LogP contribution in [0, 0.1) is 6.92 Å². The number of aromatic nitrogens is 1. The molecular weight excluding hydrogens is 306 g/mol. The Labute approximate surface area is 132 Å². The van der Waals surface area contributed by atoms with Gasteiger partial charge in [0.2, 0.25) is 0 Å². The Morgan fingerprint density at radius 3 is 2.90 bits per heavy atom. The predicted octanol–water partition coefficient (Wildman–Crippen LogP) is 1.78. The van der Waals surface area contributed by atoms with Crippen LogP contribution < -0.4 is 15.8 Å². The molecule has 3 N–H and O–H groups in total. The minimum Gasteiger partial charge on any atom is -0.483 e. The van der Waals surface area contributed by atoms with Crippen LogP contribution in [0.5, 0.6) is 5.75 Å². The number of carbonyl (C=O) groups is 1.